The van der Waals surface area contributed by atoms with Crippen LogP contribution in [0.1, 0.15) is 12.8 Å². The molecule has 1 aliphatic heterocycles. The Morgan fingerprint density at radius 2 is 1.95 bits per heavy atom. The molecule has 1 saturated heterocycles. The fourth-order valence-electron chi connectivity index (χ4n) is 2.21. The van der Waals surface area contributed by atoms with Gasteiger partial charge in [-0.2, -0.15) is 4.31 Å². The van der Waals surface area contributed by atoms with Gasteiger partial charge < -0.3 is 5.32 Å². The normalized spacial score (nSPS) is 17.8. The van der Waals surface area contributed by atoms with Crippen LogP contribution in [0.3, 0.4) is 0 Å². The molecule has 0 spiro atoms. The Bertz CT molecular complexity index is 561. The molecule has 0 saturated carbocycles. The molecule has 1 fully saturated rings. The number of nitrogens with one attached hydrogen (secondary N) is 1. The van der Waals surface area contributed by atoms with Crippen molar-refractivity contribution in [1.29, 1.82) is 0 Å². The molecule has 1 N–H and O–H groups in total. The summed E-state index contributed by atoms with van der Waals surface area (Å²) in [6, 6.07) is 4.35. The first-order valence-electron chi connectivity index (χ1n) is 6.08. The lowest BCUT2D eigenvalue weighted by molar-refractivity contribution is 0.297. The summed E-state index contributed by atoms with van der Waals surface area (Å²) in [5.74, 6) is -0.875. The SMILES string of the molecule is CNC1CCN(S(=O)(=O)c2cccc(Cl)c2F)CC1.Cl. The van der Waals surface area contributed by atoms with Gasteiger partial charge >= 0.3 is 0 Å². The van der Waals surface area contributed by atoms with Gasteiger partial charge in [0.2, 0.25) is 10.0 Å². The second kappa shape index (κ2) is 7.04. The van der Waals surface area contributed by atoms with E-state index in [0.29, 0.717) is 19.1 Å². The number of hydrogen-bond acceptors (Lipinski definition) is 3. The quantitative estimate of drug-likeness (QED) is 0.916. The van der Waals surface area contributed by atoms with E-state index in [1.54, 1.807) is 0 Å². The fourth-order valence-corrected chi connectivity index (χ4v) is 3.99. The number of hydrogen-bond donors (Lipinski definition) is 1. The highest BCUT2D eigenvalue weighted by Gasteiger charge is 2.31. The highest BCUT2D eigenvalue weighted by molar-refractivity contribution is 7.89. The third-order valence-corrected chi connectivity index (χ3v) is 5.60. The molecule has 1 aliphatic rings. The Hall–Kier alpha value is -0.400. The summed E-state index contributed by atoms with van der Waals surface area (Å²) < 4.78 is 39.9. The Balaban J connectivity index is 0.00000200. The minimum atomic E-state index is -3.80. The molecular weight excluding hydrogens is 326 g/mol. The summed E-state index contributed by atoms with van der Waals surface area (Å²) in [5, 5.41) is 2.94. The number of piperidine rings is 1. The zero-order valence-corrected chi connectivity index (χ0v) is 13.4. The molecule has 0 atom stereocenters. The van der Waals surface area contributed by atoms with Crippen LogP contribution in [0.15, 0.2) is 23.1 Å². The molecule has 114 valence electrons. The lowest BCUT2D eigenvalue weighted by Gasteiger charge is -2.31. The summed E-state index contributed by atoms with van der Waals surface area (Å²) in [6.07, 6.45) is 1.44. The van der Waals surface area contributed by atoms with Crippen LogP contribution in [-0.2, 0) is 10.0 Å². The van der Waals surface area contributed by atoms with Crippen molar-refractivity contribution in [3.8, 4) is 0 Å². The fraction of sp³-hybridized carbons (Fsp3) is 0.500. The largest absolute Gasteiger partial charge is 0.317 e. The summed E-state index contributed by atoms with van der Waals surface area (Å²) in [4.78, 5) is -0.345. The highest BCUT2D eigenvalue weighted by atomic mass is 35.5. The van der Waals surface area contributed by atoms with E-state index in [1.807, 2.05) is 7.05 Å². The number of sulfonamides is 1. The summed E-state index contributed by atoms with van der Waals surface area (Å²) >= 11 is 5.64. The standard InChI is InChI=1S/C12H16ClFN2O2S.ClH/c1-15-9-5-7-16(8-6-9)19(17,18)11-4-2-3-10(13)12(11)14;/h2-4,9,15H,5-8H2,1H3;1H. The molecule has 2 rings (SSSR count). The Labute approximate surface area is 129 Å². The summed E-state index contributed by atoms with van der Waals surface area (Å²) in [6.45, 7) is 0.777. The molecule has 1 heterocycles. The van der Waals surface area contributed by atoms with Gasteiger partial charge in [0.05, 0.1) is 5.02 Å². The molecule has 1 aromatic rings. The van der Waals surface area contributed by atoms with Crippen LogP contribution in [0.25, 0.3) is 0 Å². The maximum atomic E-state index is 13.8. The van der Waals surface area contributed by atoms with Crippen LogP contribution in [-0.4, -0.2) is 38.9 Å². The number of nitrogens with zero attached hydrogens (tertiary/aromatic N) is 1. The van der Waals surface area contributed by atoms with E-state index in [-0.39, 0.29) is 22.3 Å². The Kier molecular flexibility index (Phi) is 6.22. The first kappa shape index (κ1) is 17.7. The van der Waals surface area contributed by atoms with Gasteiger partial charge in [-0.15, -0.1) is 12.4 Å². The van der Waals surface area contributed by atoms with Gasteiger partial charge in [0.15, 0.2) is 5.82 Å². The van der Waals surface area contributed by atoms with Crippen LogP contribution >= 0.6 is 24.0 Å². The van der Waals surface area contributed by atoms with E-state index < -0.39 is 15.8 Å². The molecule has 0 radical (unpaired) electrons. The van der Waals surface area contributed by atoms with Crippen molar-refractivity contribution in [2.45, 2.75) is 23.8 Å². The average molecular weight is 343 g/mol. The number of rotatable bonds is 3. The minimum Gasteiger partial charge on any atom is -0.317 e. The smallest absolute Gasteiger partial charge is 0.246 e. The zero-order valence-electron chi connectivity index (χ0n) is 11.0. The molecule has 0 bridgehead atoms. The number of halogens is 3. The van der Waals surface area contributed by atoms with Gasteiger partial charge in [0.25, 0.3) is 0 Å². The first-order chi connectivity index (χ1) is 8.96. The summed E-state index contributed by atoms with van der Waals surface area (Å²) in [5.41, 5.74) is 0. The molecule has 1 aromatic carbocycles. The van der Waals surface area contributed by atoms with Gasteiger partial charge in [-0.1, -0.05) is 17.7 Å². The third-order valence-electron chi connectivity index (χ3n) is 3.40. The van der Waals surface area contributed by atoms with Crippen molar-refractivity contribution in [2.75, 3.05) is 20.1 Å². The van der Waals surface area contributed by atoms with Crippen molar-refractivity contribution < 1.29 is 12.8 Å². The van der Waals surface area contributed by atoms with Gasteiger partial charge in [0.1, 0.15) is 4.90 Å². The predicted molar refractivity (Wildman–Crippen MR) is 79.5 cm³/mol. The molecule has 20 heavy (non-hydrogen) atoms. The van der Waals surface area contributed by atoms with Gasteiger partial charge in [-0.3, -0.25) is 0 Å². The summed E-state index contributed by atoms with van der Waals surface area (Å²) in [7, 11) is -1.95. The second-order valence-electron chi connectivity index (χ2n) is 4.52. The van der Waals surface area contributed by atoms with Crippen LogP contribution in [0.4, 0.5) is 4.39 Å². The first-order valence-corrected chi connectivity index (χ1v) is 7.90. The molecule has 4 nitrogen and oxygen atoms in total. The molecule has 0 unspecified atom stereocenters. The van der Waals surface area contributed by atoms with E-state index >= 15 is 0 Å². The minimum absolute atomic E-state index is 0. The maximum absolute atomic E-state index is 13.8. The van der Waals surface area contributed by atoms with Gasteiger partial charge in [-0.25, -0.2) is 12.8 Å². The topological polar surface area (TPSA) is 49.4 Å². The molecule has 0 amide bonds. The van der Waals surface area contributed by atoms with Crippen molar-refractivity contribution >= 4 is 34.0 Å². The lowest BCUT2D eigenvalue weighted by Crippen LogP contribution is -2.44. The number of benzene rings is 1. The van der Waals surface area contributed by atoms with Crippen molar-refractivity contribution in [1.82, 2.24) is 9.62 Å². The van der Waals surface area contributed by atoms with E-state index in [4.69, 9.17) is 11.6 Å². The van der Waals surface area contributed by atoms with E-state index in [0.717, 1.165) is 12.8 Å². The molecule has 8 heteroatoms. The van der Waals surface area contributed by atoms with Gasteiger partial charge in [-0.05, 0) is 32.0 Å². The highest BCUT2D eigenvalue weighted by Crippen LogP contribution is 2.26. The van der Waals surface area contributed by atoms with Crippen molar-refractivity contribution in [3.63, 3.8) is 0 Å². The third kappa shape index (κ3) is 3.43. The van der Waals surface area contributed by atoms with Crippen molar-refractivity contribution in [3.05, 3.63) is 29.0 Å². The molecular formula is C12H17Cl2FN2O2S. The second-order valence-corrected chi connectivity index (χ2v) is 6.83. The van der Waals surface area contributed by atoms with Crippen LogP contribution in [0.5, 0.6) is 0 Å². The van der Waals surface area contributed by atoms with Crippen LogP contribution < -0.4 is 5.32 Å². The monoisotopic (exact) mass is 342 g/mol. The lowest BCUT2D eigenvalue weighted by atomic mass is 10.1. The van der Waals surface area contributed by atoms with E-state index in [2.05, 4.69) is 5.32 Å². The van der Waals surface area contributed by atoms with Crippen LogP contribution in [0, 0.1) is 5.82 Å². The molecule has 0 aliphatic carbocycles. The maximum Gasteiger partial charge on any atom is 0.246 e. The van der Waals surface area contributed by atoms with E-state index in [9.17, 15) is 12.8 Å². The Morgan fingerprint density at radius 3 is 2.50 bits per heavy atom. The predicted octanol–water partition coefficient (Wildman–Crippen LogP) is 2.27. The Morgan fingerprint density at radius 1 is 1.35 bits per heavy atom. The van der Waals surface area contributed by atoms with Crippen LogP contribution in [0.2, 0.25) is 5.02 Å². The van der Waals surface area contributed by atoms with E-state index in [1.165, 1.54) is 22.5 Å². The molecule has 0 aromatic heterocycles. The van der Waals surface area contributed by atoms with Crippen molar-refractivity contribution in [2.24, 2.45) is 0 Å². The van der Waals surface area contributed by atoms with Gasteiger partial charge in [0, 0.05) is 19.1 Å². The average Bonchev–Trinajstić information content (AvgIpc) is 2.41. The zero-order chi connectivity index (χ0) is 14.0.